The lowest BCUT2D eigenvalue weighted by atomic mass is 10.1. The summed E-state index contributed by atoms with van der Waals surface area (Å²) < 4.78 is 0. The topological polar surface area (TPSA) is 15.3 Å². The molecule has 4 heteroatoms. The Morgan fingerprint density at radius 2 is 2.20 bits per heavy atom. The lowest BCUT2D eigenvalue weighted by Crippen LogP contribution is -2.37. The molecule has 0 aromatic heterocycles. The molecule has 1 saturated heterocycles. The van der Waals surface area contributed by atoms with Crippen molar-refractivity contribution in [2.24, 2.45) is 0 Å². The summed E-state index contributed by atoms with van der Waals surface area (Å²) in [5, 5.41) is 4.93. The first-order valence-corrected chi connectivity index (χ1v) is 8.35. The molecule has 1 aliphatic rings. The van der Waals surface area contributed by atoms with E-state index in [4.69, 9.17) is 23.2 Å². The molecule has 1 aromatic rings. The van der Waals surface area contributed by atoms with Gasteiger partial charge < -0.3 is 5.32 Å². The molecule has 1 atom stereocenters. The highest BCUT2D eigenvalue weighted by Crippen LogP contribution is 2.26. The molecule has 0 aliphatic carbocycles. The van der Waals surface area contributed by atoms with Crippen LogP contribution in [0.4, 0.5) is 0 Å². The first-order valence-electron chi connectivity index (χ1n) is 7.59. The minimum absolute atomic E-state index is 0.629. The van der Waals surface area contributed by atoms with E-state index in [-0.39, 0.29) is 0 Å². The first kappa shape index (κ1) is 16.1. The summed E-state index contributed by atoms with van der Waals surface area (Å²) in [4.78, 5) is 2.50. The quantitative estimate of drug-likeness (QED) is 0.805. The highest BCUT2D eigenvalue weighted by molar-refractivity contribution is 6.42. The number of halogens is 2. The van der Waals surface area contributed by atoms with Gasteiger partial charge in [0.15, 0.2) is 0 Å². The van der Waals surface area contributed by atoms with Crippen molar-refractivity contribution in [3.63, 3.8) is 0 Å². The molecule has 1 unspecified atom stereocenters. The zero-order chi connectivity index (χ0) is 14.4. The van der Waals surface area contributed by atoms with E-state index in [9.17, 15) is 0 Å². The molecule has 1 aliphatic heterocycles. The summed E-state index contributed by atoms with van der Waals surface area (Å²) in [5.41, 5.74) is 1.13. The number of hydrogen-bond acceptors (Lipinski definition) is 2. The molecule has 1 N–H and O–H groups in total. The minimum Gasteiger partial charge on any atom is -0.313 e. The predicted molar refractivity (Wildman–Crippen MR) is 87.7 cm³/mol. The van der Waals surface area contributed by atoms with Crippen LogP contribution in [0.2, 0.25) is 10.0 Å². The monoisotopic (exact) mass is 314 g/mol. The van der Waals surface area contributed by atoms with E-state index in [1.54, 1.807) is 0 Å². The van der Waals surface area contributed by atoms with Gasteiger partial charge in [0, 0.05) is 19.1 Å². The van der Waals surface area contributed by atoms with Crippen molar-refractivity contribution in [1.82, 2.24) is 10.2 Å². The van der Waals surface area contributed by atoms with Crippen LogP contribution in [0.1, 0.15) is 38.2 Å². The van der Waals surface area contributed by atoms with E-state index in [2.05, 4.69) is 23.2 Å². The Hall–Kier alpha value is -0.280. The molecule has 112 valence electrons. The van der Waals surface area contributed by atoms with E-state index >= 15 is 0 Å². The van der Waals surface area contributed by atoms with Crippen molar-refractivity contribution in [3.05, 3.63) is 33.8 Å². The Labute approximate surface area is 132 Å². The van der Waals surface area contributed by atoms with Crippen LogP contribution in [-0.2, 0) is 6.54 Å². The number of benzene rings is 1. The third-order valence-corrected chi connectivity index (χ3v) is 4.75. The predicted octanol–water partition coefficient (Wildman–Crippen LogP) is 4.35. The third-order valence-electron chi connectivity index (χ3n) is 3.89. The molecule has 0 spiro atoms. The largest absolute Gasteiger partial charge is 0.313 e. The summed E-state index contributed by atoms with van der Waals surface area (Å²) in [6.45, 7) is 6.50. The van der Waals surface area contributed by atoms with Crippen LogP contribution in [0, 0.1) is 0 Å². The summed E-state index contributed by atoms with van der Waals surface area (Å²) >= 11 is 12.4. The Morgan fingerprint density at radius 1 is 1.35 bits per heavy atom. The van der Waals surface area contributed by atoms with Crippen molar-refractivity contribution in [1.29, 1.82) is 0 Å². The van der Waals surface area contributed by atoms with Gasteiger partial charge in [0.1, 0.15) is 0 Å². The van der Waals surface area contributed by atoms with Gasteiger partial charge in [-0.05, 0) is 44.0 Å². The second-order valence-electron chi connectivity index (χ2n) is 5.59. The van der Waals surface area contributed by atoms with Crippen LogP contribution in [0.15, 0.2) is 18.2 Å². The van der Waals surface area contributed by atoms with Crippen molar-refractivity contribution < 1.29 is 0 Å². The minimum atomic E-state index is 0.629. The summed E-state index contributed by atoms with van der Waals surface area (Å²) in [6, 6.07) is 6.54. The standard InChI is InChI=1S/C16H24Cl2N2/c1-2-3-10-20(12-14-7-5-9-19-14)11-13-6-4-8-15(17)16(13)18/h4,6,8,14,19H,2-3,5,7,9-12H2,1H3. The number of nitrogens with zero attached hydrogens (tertiary/aromatic N) is 1. The lowest BCUT2D eigenvalue weighted by Gasteiger charge is -2.26. The fourth-order valence-electron chi connectivity index (χ4n) is 2.75. The number of rotatable bonds is 7. The average Bonchev–Trinajstić information content (AvgIpc) is 2.94. The van der Waals surface area contributed by atoms with Gasteiger partial charge in [-0.1, -0.05) is 48.7 Å². The molecule has 0 amide bonds. The smallest absolute Gasteiger partial charge is 0.0637 e. The maximum atomic E-state index is 6.31. The average molecular weight is 315 g/mol. The van der Waals surface area contributed by atoms with Gasteiger partial charge in [-0.2, -0.15) is 0 Å². The van der Waals surface area contributed by atoms with Gasteiger partial charge >= 0.3 is 0 Å². The highest BCUT2D eigenvalue weighted by Gasteiger charge is 2.18. The fraction of sp³-hybridized carbons (Fsp3) is 0.625. The van der Waals surface area contributed by atoms with Crippen molar-refractivity contribution in [2.45, 2.75) is 45.2 Å². The molecule has 0 bridgehead atoms. The Morgan fingerprint density at radius 3 is 2.90 bits per heavy atom. The molecule has 0 radical (unpaired) electrons. The van der Waals surface area contributed by atoms with Gasteiger partial charge in [0.05, 0.1) is 10.0 Å². The van der Waals surface area contributed by atoms with Crippen molar-refractivity contribution in [2.75, 3.05) is 19.6 Å². The van der Waals surface area contributed by atoms with E-state index in [0.717, 1.165) is 31.7 Å². The number of unbranched alkanes of at least 4 members (excludes halogenated alkanes) is 1. The van der Waals surface area contributed by atoms with Gasteiger partial charge in [-0.25, -0.2) is 0 Å². The molecule has 2 rings (SSSR count). The maximum absolute atomic E-state index is 6.31. The normalized spacial score (nSPS) is 18.9. The Kier molecular flexibility index (Phi) is 6.63. The van der Waals surface area contributed by atoms with E-state index < -0.39 is 0 Å². The first-order chi connectivity index (χ1) is 9.70. The summed E-state index contributed by atoms with van der Waals surface area (Å²) in [7, 11) is 0. The summed E-state index contributed by atoms with van der Waals surface area (Å²) in [6.07, 6.45) is 5.03. The van der Waals surface area contributed by atoms with Gasteiger partial charge in [0.25, 0.3) is 0 Å². The molecule has 1 fully saturated rings. The summed E-state index contributed by atoms with van der Waals surface area (Å²) in [5.74, 6) is 0. The molecule has 1 aromatic carbocycles. The zero-order valence-corrected chi connectivity index (χ0v) is 13.7. The van der Waals surface area contributed by atoms with E-state index in [1.165, 1.54) is 25.7 Å². The third kappa shape index (κ3) is 4.63. The van der Waals surface area contributed by atoms with Crippen LogP contribution in [0.5, 0.6) is 0 Å². The molecule has 1 heterocycles. The number of nitrogens with one attached hydrogen (secondary N) is 1. The van der Waals surface area contributed by atoms with E-state index in [0.29, 0.717) is 16.1 Å². The molecule has 20 heavy (non-hydrogen) atoms. The highest BCUT2D eigenvalue weighted by atomic mass is 35.5. The van der Waals surface area contributed by atoms with Gasteiger partial charge in [-0.3, -0.25) is 4.90 Å². The van der Waals surface area contributed by atoms with Gasteiger partial charge in [0.2, 0.25) is 0 Å². The fourth-order valence-corrected chi connectivity index (χ4v) is 3.13. The second-order valence-corrected chi connectivity index (χ2v) is 6.38. The van der Waals surface area contributed by atoms with Crippen molar-refractivity contribution in [3.8, 4) is 0 Å². The van der Waals surface area contributed by atoms with Crippen LogP contribution >= 0.6 is 23.2 Å². The van der Waals surface area contributed by atoms with Crippen LogP contribution < -0.4 is 5.32 Å². The zero-order valence-electron chi connectivity index (χ0n) is 12.2. The second kappa shape index (κ2) is 8.23. The SMILES string of the molecule is CCCCN(Cc1cccc(Cl)c1Cl)CC1CCCN1. The number of hydrogen-bond donors (Lipinski definition) is 1. The van der Waals surface area contributed by atoms with Gasteiger partial charge in [-0.15, -0.1) is 0 Å². The Balaban J connectivity index is 1.99. The maximum Gasteiger partial charge on any atom is 0.0637 e. The van der Waals surface area contributed by atoms with E-state index in [1.807, 2.05) is 12.1 Å². The molecular weight excluding hydrogens is 291 g/mol. The van der Waals surface area contributed by atoms with Crippen molar-refractivity contribution >= 4 is 23.2 Å². The molecule has 0 saturated carbocycles. The van der Waals surface area contributed by atoms with Crippen LogP contribution in [-0.4, -0.2) is 30.6 Å². The lowest BCUT2D eigenvalue weighted by molar-refractivity contribution is 0.237. The Bertz CT molecular complexity index is 417. The van der Waals surface area contributed by atoms with Crippen LogP contribution in [0.25, 0.3) is 0 Å². The van der Waals surface area contributed by atoms with Crippen LogP contribution in [0.3, 0.4) is 0 Å². The molecule has 2 nitrogen and oxygen atoms in total. The molecular formula is C16H24Cl2N2.